The molecule has 18 heavy (non-hydrogen) atoms. The van der Waals surface area contributed by atoms with Crippen LogP contribution in [0.1, 0.15) is 5.56 Å². The highest BCUT2D eigenvalue weighted by molar-refractivity contribution is 14.1. The van der Waals surface area contributed by atoms with Gasteiger partial charge < -0.3 is 4.74 Å². The summed E-state index contributed by atoms with van der Waals surface area (Å²) in [6.07, 6.45) is 1.62. The number of methoxy groups -OCH3 is 1. The smallest absolute Gasteiger partial charge is 0.259 e. The molecule has 1 aliphatic heterocycles. The fourth-order valence-corrected chi connectivity index (χ4v) is 3.07. The molecular weight excluding hydrogens is 383 g/mol. The SMILES string of the molecule is COc1ccc(/C=N\N2C(=O)CSC2=S)cc1I. The fourth-order valence-electron chi connectivity index (χ4n) is 1.35. The Labute approximate surface area is 128 Å². The molecule has 0 bridgehead atoms. The fraction of sp³-hybridized carbons (Fsp3) is 0.182. The molecular formula is C11H9IN2O2S2. The summed E-state index contributed by atoms with van der Waals surface area (Å²) in [6, 6.07) is 5.67. The number of halogens is 1. The molecule has 1 heterocycles. The monoisotopic (exact) mass is 392 g/mol. The maximum absolute atomic E-state index is 11.5. The van der Waals surface area contributed by atoms with Gasteiger partial charge in [-0.3, -0.25) is 4.79 Å². The van der Waals surface area contributed by atoms with E-state index in [1.165, 1.54) is 16.8 Å². The molecule has 7 heteroatoms. The van der Waals surface area contributed by atoms with Crippen LogP contribution < -0.4 is 4.74 Å². The second-order valence-electron chi connectivity index (χ2n) is 3.40. The van der Waals surface area contributed by atoms with Gasteiger partial charge in [-0.05, 0) is 46.4 Å². The van der Waals surface area contributed by atoms with E-state index in [-0.39, 0.29) is 5.91 Å². The quantitative estimate of drug-likeness (QED) is 0.451. The molecule has 1 fully saturated rings. The molecule has 1 aliphatic rings. The van der Waals surface area contributed by atoms with Gasteiger partial charge in [-0.15, -0.1) is 0 Å². The van der Waals surface area contributed by atoms with E-state index in [1.807, 2.05) is 18.2 Å². The first-order valence-electron chi connectivity index (χ1n) is 4.99. The molecule has 1 amide bonds. The van der Waals surface area contributed by atoms with Crippen LogP contribution in [0.4, 0.5) is 0 Å². The Morgan fingerprint density at radius 1 is 1.61 bits per heavy atom. The number of carbonyl (C=O) groups is 1. The normalized spacial score (nSPS) is 15.8. The minimum atomic E-state index is -0.0792. The summed E-state index contributed by atoms with van der Waals surface area (Å²) in [7, 11) is 1.63. The molecule has 0 unspecified atom stereocenters. The van der Waals surface area contributed by atoms with Gasteiger partial charge in [0.05, 0.1) is 22.6 Å². The van der Waals surface area contributed by atoms with Gasteiger partial charge in [0.2, 0.25) is 0 Å². The van der Waals surface area contributed by atoms with Crippen molar-refractivity contribution < 1.29 is 9.53 Å². The molecule has 2 rings (SSSR count). The van der Waals surface area contributed by atoms with Crippen molar-refractivity contribution >= 4 is 63.0 Å². The zero-order chi connectivity index (χ0) is 13.1. The number of hydrazone groups is 1. The van der Waals surface area contributed by atoms with Crippen LogP contribution in [-0.2, 0) is 4.79 Å². The number of nitrogens with zero attached hydrogens (tertiary/aromatic N) is 2. The van der Waals surface area contributed by atoms with Crippen molar-refractivity contribution in [2.75, 3.05) is 12.9 Å². The Morgan fingerprint density at radius 2 is 2.39 bits per heavy atom. The maximum Gasteiger partial charge on any atom is 0.259 e. The first-order chi connectivity index (χ1) is 8.61. The molecule has 0 N–H and O–H groups in total. The van der Waals surface area contributed by atoms with Gasteiger partial charge in [0, 0.05) is 0 Å². The van der Waals surface area contributed by atoms with Gasteiger partial charge in [0.1, 0.15) is 5.75 Å². The van der Waals surface area contributed by atoms with Crippen LogP contribution in [0.5, 0.6) is 5.75 Å². The summed E-state index contributed by atoms with van der Waals surface area (Å²) in [5, 5.41) is 5.37. The lowest BCUT2D eigenvalue weighted by Crippen LogP contribution is -2.22. The van der Waals surface area contributed by atoms with Crippen molar-refractivity contribution in [2.45, 2.75) is 0 Å². The number of benzene rings is 1. The molecule has 0 aromatic heterocycles. The molecule has 0 aliphatic carbocycles. The summed E-state index contributed by atoms with van der Waals surface area (Å²) in [4.78, 5) is 11.5. The minimum absolute atomic E-state index is 0.0792. The third-order valence-corrected chi connectivity index (χ3v) is 4.41. The Balaban J connectivity index is 2.16. The Morgan fingerprint density at radius 3 is 2.94 bits per heavy atom. The zero-order valence-electron chi connectivity index (χ0n) is 9.42. The number of thiocarbonyl (C=S) groups is 1. The third-order valence-electron chi connectivity index (χ3n) is 2.23. The van der Waals surface area contributed by atoms with Crippen molar-refractivity contribution in [1.29, 1.82) is 0 Å². The minimum Gasteiger partial charge on any atom is -0.496 e. The summed E-state index contributed by atoms with van der Waals surface area (Å²) < 4.78 is 6.66. The molecule has 0 saturated carbocycles. The van der Waals surface area contributed by atoms with E-state index in [1.54, 1.807) is 13.3 Å². The molecule has 0 spiro atoms. The van der Waals surface area contributed by atoms with Crippen LogP contribution >= 0.6 is 46.6 Å². The topological polar surface area (TPSA) is 41.9 Å². The molecule has 1 aromatic rings. The van der Waals surface area contributed by atoms with Crippen molar-refractivity contribution in [3.63, 3.8) is 0 Å². The van der Waals surface area contributed by atoms with Crippen LogP contribution in [0.15, 0.2) is 23.3 Å². The highest BCUT2D eigenvalue weighted by Gasteiger charge is 2.25. The van der Waals surface area contributed by atoms with Crippen LogP contribution in [-0.4, -0.2) is 34.3 Å². The number of carbonyl (C=O) groups excluding carboxylic acids is 1. The van der Waals surface area contributed by atoms with Gasteiger partial charge in [-0.25, -0.2) is 0 Å². The second kappa shape index (κ2) is 5.98. The third kappa shape index (κ3) is 3.01. The number of hydrogen-bond donors (Lipinski definition) is 0. The lowest BCUT2D eigenvalue weighted by molar-refractivity contribution is -0.123. The van der Waals surface area contributed by atoms with Gasteiger partial charge in [-0.2, -0.15) is 10.1 Å². The van der Waals surface area contributed by atoms with Crippen LogP contribution in [0, 0.1) is 3.57 Å². The first kappa shape index (κ1) is 13.8. The van der Waals surface area contributed by atoms with Crippen molar-refractivity contribution in [2.24, 2.45) is 5.10 Å². The zero-order valence-corrected chi connectivity index (χ0v) is 13.2. The predicted octanol–water partition coefficient (Wildman–Crippen LogP) is 2.49. The van der Waals surface area contributed by atoms with E-state index < -0.39 is 0 Å². The largest absolute Gasteiger partial charge is 0.496 e. The number of ether oxygens (including phenoxy) is 1. The van der Waals surface area contributed by atoms with Gasteiger partial charge >= 0.3 is 0 Å². The van der Waals surface area contributed by atoms with E-state index in [9.17, 15) is 4.79 Å². The highest BCUT2D eigenvalue weighted by atomic mass is 127. The average molecular weight is 392 g/mol. The van der Waals surface area contributed by atoms with Crippen LogP contribution in [0.25, 0.3) is 0 Å². The standard InChI is InChI=1S/C11H9IN2O2S2/c1-16-9-3-2-7(4-8(9)12)5-13-14-10(15)6-18-11(14)17/h2-5H,6H2,1H3/b13-5-. The average Bonchev–Trinajstić information content (AvgIpc) is 2.67. The summed E-state index contributed by atoms with van der Waals surface area (Å²) in [6.45, 7) is 0. The van der Waals surface area contributed by atoms with E-state index >= 15 is 0 Å². The maximum atomic E-state index is 11.5. The molecule has 4 nitrogen and oxygen atoms in total. The molecule has 94 valence electrons. The van der Waals surface area contributed by atoms with Crippen molar-refractivity contribution in [3.05, 3.63) is 27.3 Å². The van der Waals surface area contributed by atoms with Gasteiger partial charge in [0.15, 0.2) is 4.32 Å². The highest BCUT2D eigenvalue weighted by Crippen LogP contribution is 2.22. The van der Waals surface area contributed by atoms with Crippen molar-refractivity contribution in [3.8, 4) is 5.75 Å². The summed E-state index contributed by atoms with van der Waals surface area (Å²) in [5.74, 6) is 1.11. The lowest BCUT2D eigenvalue weighted by atomic mass is 10.2. The van der Waals surface area contributed by atoms with E-state index in [4.69, 9.17) is 17.0 Å². The van der Waals surface area contributed by atoms with Gasteiger partial charge in [0.25, 0.3) is 5.91 Å². The number of thioether (sulfide) groups is 1. The molecule has 1 aromatic carbocycles. The Bertz CT molecular complexity index is 518. The van der Waals surface area contributed by atoms with Crippen LogP contribution in [0.2, 0.25) is 0 Å². The first-order valence-corrected chi connectivity index (χ1v) is 7.46. The Hall–Kier alpha value is -0.670. The molecule has 0 atom stereocenters. The van der Waals surface area contributed by atoms with Crippen LogP contribution in [0.3, 0.4) is 0 Å². The van der Waals surface area contributed by atoms with E-state index in [0.29, 0.717) is 10.1 Å². The van der Waals surface area contributed by atoms with E-state index in [0.717, 1.165) is 14.9 Å². The summed E-state index contributed by atoms with van der Waals surface area (Å²) in [5.41, 5.74) is 0.896. The molecule has 1 saturated heterocycles. The number of amides is 1. The Kier molecular flexibility index (Phi) is 4.57. The van der Waals surface area contributed by atoms with E-state index in [2.05, 4.69) is 27.7 Å². The predicted molar refractivity (Wildman–Crippen MR) is 85.2 cm³/mol. The van der Waals surface area contributed by atoms with Crippen molar-refractivity contribution in [1.82, 2.24) is 5.01 Å². The van der Waals surface area contributed by atoms with Gasteiger partial charge in [-0.1, -0.05) is 24.0 Å². The second-order valence-corrected chi connectivity index (χ2v) is 6.17. The number of rotatable bonds is 3. The lowest BCUT2D eigenvalue weighted by Gasteiger charge is -2.07. The molecule has 0 radical (unpaired) electrons. The number of hydrogen-bond acceptors (Lipinski definition) is 5. The summed E-state index contributed by atoms with van der Waals surface area (Å²) >= 11 is 8.55.